The third-order valence-electron chi connectivity index (χ3n) is 3.25. The zero-order valence-corrected chi connectivity index (χ0v) is 12.5. The quantitative estimate of drug-likeness (QED) is 0.826. The van der Waals surface area contributed by atoms with Crippen molar-refractivity contribution in [2.24, 2.45) is 0 Å². The first-order chi connectivity index (χ1) is 10.2. The van der Waals surface area contributed by atoms with Crippen molar-refractivity contribution in [3.8, 4) is 5.75 Å². The highest BCUT2D eigenvalue weighted by Gasteiger charge is 2.04. The van der Waals surface area contributed by atoms with E-state index in [4.69, 9.17) is 21.4 Å². The predicted molar refractivity (Wildman–Crippen MR) is 83.6 cm³/mol. The molecule has 2 aromatic carbocycles. The molecule has 0 aliphatic heterocycles. The molecule has 0 amide bonds. The second-order valence-electron chi connectivity index (χ2n) is 4.90. The van der Waals surface area contributed by atoms with Gasteiger partial charge in [0.25, 0.3) is 0 Å². The number of hydrogen-bond donors (Lipinski definition) is 2. The zero-order valence-electron chi connectivity index (χ0n) is 11.7. The molecule has 0 saturated heterocycles. The lowest BCUT2D eigenvalue weighted by Crippen LogP contribution is -2.12. The molecule has 3 nitrogen and oxygen atoms in total. The van der Waals surface area contributed by atoms with Gasteiger partial charge in [0.05, 0.1) is 12.7 Å². The smallest absolute Gasteiger partial charge is 0.119 e. The number of hydrogen-bond acceptors (Lipinski definition) is 3. The maximum Gasteiger partial charge on any atom is 0.119 e. The molecule has 0 radical (unpaired) electrons. The van der Waals surface area contributed by atoms with Crippen molar-refractivity contribution in [1.29, 1.82) is 0 Å². The van der Waals surface area contributed by atoms with Gasteiger partial charge in [-0.1, -0.05) is 41.9 Å². The second-order valence-corrected chi connectivity index (χ2v) is 5.31. The highest BCUT2D eigenvalue weighted by Crippen LogP contribution is 2.19. The largest absolute Gasteiger partial charge is 0.489 e. The molecule has 0 aromatic heterocycles. The average Bonchev–Trinajstić information content (AvgIpc) is 2.53. The minimum atomic E-state index is -0.652. The van der Waals surface area contributed by atoms with Crippen LogP contribution < -0.4 is 4.74 Å². The fourth-order valence-electron chi connectivity index (χ4n) is 1.95. The van der Waals surface area contributed by atoms with Gasteiger partial charge in [-0.05, 0) is 36.6 Å². The molecule has 2 rings (SSSR count). The van der Waals surface area contributed by atoms with Gasteiger partial charge in [0.2, 0.25) is 0 Å². The van der Waals surface area contributed by atoms with Crippen molar-refractivity contribution in [3.05, 3.63) is 64.7 Å². The Hall–Kier alpha value is -1.55. The summed E-state index contributed by atoms with van der Waals surface area (Å²) in [5.74, 6) is 0.779. The minimum Gasteiger partial charge on any atom is -0.489 e. The number of halogens is 1. The Bertz CT molecular complexity index is 554. The van der Waals surface area contributed by atoms with Gasteiger partial charge >= 0.3 is 0 Å². The molecule has 1 atom stereocenters. The minimum absolute atomic E-state index is 0.195. The van der Waals surface area contributed by atoms with E-state index < -0.39 is 6.10 Å². The van der Waals surface area contributed by atoms with Gasteiger partial charge in [-0.2, -0.15) is 0 Å². The van der Waals surface area contributed by atoms with Gasteiger partial charge < -0.3 is 14.9 Å². The van der Waals surface area contributed by atoms with Gasteiger partial charge in [0.15, 0.2) is 0 Å². The third kappa shape index (κ3) is 5.05. The summed E-state index contributed by atoms with van der Waals surface area (Å²) in [6, 6.07) is 15.3. The summed E-state index contributed by atoms with van der Waals surface area (Å²) in [4.78, 5) is 0. The summed E-state index contributed by atoms with van der Waals surface area (Å²) in [6.07, 6.45) is 0.629. The molecular formula is C17H19ClO3. The fraction of sp³-hybridized carbons (Fsp3) is 0.294. The molecule has 21 heavy (non-hydrogen) atoms. The summed E-state index contributed by atoms with van der Waals surface area (Å²) in [6.45, 7) is 0.237. The Morgan fingerprint density at radius 2 is 1.76 bits per heavy atom. The van der Waals surface area contributed by atoms with Crippen LogP contribution in [0.15, 0.2) is 48.5 Å². The Kier molecular flexibility index (Phi) is 6.05. The molecular weight excluding hydrogens is 288 g/mol. The topological polar surface area (TPSA) is 49.7 Å². The van der Waals surface area contributed by atoms with E-state index in [-0.39, 0.29) is 6.61 Å². The van der Waals surface area contributed by atoms with E-state index >= 15 is 0 Å². The Morgan fingerprint density at radius 1 is 1.05 bits per heavy atom. The number of rotatable bonds is 7. The van der Waals surface area contributed by atoms with Crippen LogP contribution >= 0.6 is 11.6 Å². The van der Waals surface area contributed by atoms with Crippen LogP contribution in [0.25, 0.3) is 0 Å². The van der Waals surface area contributed by atoms with E-state index in [2.05, 4.69) is 0 Å². The number of aryl methyl sites for hydroxylation is 1. The molecule has 0 heterocycles. The van der Waals surface area contributed by atoms with Gasteiger partial charge in [0.1, 0.15) is 12.4 Å². The molecule has 1 unspecified atom stereocenters. The average molecular weight is 307 g/mol. The SMILES string of the molecule is OCC(O)CCc1ccc(OCc2ccccc2Cl)cc1. The van der Waals surface area contributed by atoms with Gasteiger partial charge in [0, 0.05) is 10.6 Å². The van der Waals surface area contributed by atoms with Gasteiger partial charge in [-0.3, -0.25) is 0 Å². The van der Waals surface area contributed by atoms with Crippen LogP contribution in [-0.2, 0) is 13.0 Å². The van der Waals surface area contributed by atoms with Crippen molar-refractivity contribution >= 4 is 11.6 Å². The van der Waals surface area contributed by atoms with Gasteiger partial charge in [-0.25, -0.2) is 0 Å². The Labute approximate surface area is 129 Å². The highest BCUT2D eigenvalue weighted by atomic mass is 35.5. The number of benzene rings is 2. The van der Waals surface area contributed by atoms with Crippen molar-refractivity contribution in [2.75, 3.05) is 6.61 Å². The standard InChI is InChI=1S/C17H19ClO3/c18-17-4-2-1-3-14(17)12-21-16-9-6-13(7-10-16)5-8-15(20)11-19/h1-4,6-7,9-10,15,19-20H,5,8,11-12H2. The molecule has 2 aromatic rings. The molecule has 0 aliphatic rings. The number of ether oxygens (including phenoxy) is 1. The number of aliphatic hydroxyl groups is 2. The lowest BCUT2D eigenvalue weighted by atomic mass is 10.1. The van der Waals surface area contributed by atoms with Crippen LogP contribution in [0.4, 0.5) is 0 Å². The molecule has 0 bridgehead atoms. The third-order valence-corrected chi connectivity index (χ3v) is 3.62. The monoisotopic (exact) mass is 306 g/mol. The van der Waals surface area contributed by atoms with E-state index in [9.17, 15) is 5.11 Å². The van der Waals surface area contributed by atoms with Crippen LogP contribution in [0.1, 0.15) is 17.5 Å². The van der Waals surface area contributed by atoms with Crippen molar-refractivity contribution in [2.45, 2.75) is 25.6 Å². The summed E-state index contributed by atoms with van der Waals surface area (Å²) >= 11 is 6.08. The van der Waals surface area contributed by atoms with E-state index in [1.165, 1.54) is 0 Å². The second kappa shape index (κ2) is 8.03. The van der Waals surface area contributed by atoms with Crippen molar-refractivity contribution < 1.29 is 14.9 Å². The maximum absolute atomic E-state index is 9.32. The molecule has 0 fully saturated rings. The first-order valence-electron chi connectivity index (χ1n) is 6.93. The maximum atomic E-state index is 9.32. The zero-order chi connectivity index (χ0) is 15.1. The van der Waals surface area contributed by atoms with Crippen molar-refractivity contribution in [3.63, 3.8) is 0 Å². The highest BCUT2D eigenvalue weighted by molar-refractivity contribution is 6.31. The van der Waals surface area contributed by atoms with E-state index in [1.807, 2.05) is 48.5 Å². The fourth-order valence-corrected chi connectivity index (χ4v) is 2.14. The summed E-state index contributed by atoms with van der Waals surface area (Å²) < 4.78 is 5.70. The predicted octanol–water partition coefficient (Wildman–Crippen LogP) is 3.20. The molecule has 112 valence electrons. The Balaban J connectivity index is 1.86. The summed E-state index contributed by atoms with van der Waals surface area (Å²) in [5.41, 5.74) is 2.06. The van der Waals surface area contributed by atoms with E-state index in [0.717, 1.165) is 23.3 Å². The summed E-state index contributed by atoms with van der Waals surface area (Å²) in [7, 11) is 0. The van der Waals surface area contributed by atoms with Crippen molar-refractivity contribution in [1.82, 2.24) is 0 Å². The van der Waals surface area contributed by atoms with E-state index in [0.29, 0.717) is 18.1 Å². The van der Waals surface area contributed by atoms with Crippen LogP contribution in [0.3, 0.4) is 0 Å². The first-order valence-corrected chi connectivity index (χ1v) is 7.31. The van der Waals surface area contributed by atoms with Crippen LogP contribution in [0, 0.1) is 0 Å². The molecule has 0 aliphatic carbocycles. The number of aliphatic hydroxyl groups excluding tert-OH is 2. The van der Waals surface area contributed by atoms with Crippen LogP contribution in [-0.4, -0.2) is 22.9 Å². The van der Waals surface area contributed by atoms with E-state index in [1.54, 1.807) is 0 Å². The van der Waals surface area contributed by atoms with Gasteiger partial charge in [-0.15, -0.1) is 0 Å². The first kappa shape index (κ1) is 15.8. The van der Waals surface area contributed by atoms with Crippen LogP contribution in [0.5, 0.6) is 5.75 Å². The lowest BCUT2D eigenvalue weighted by Gasteiger charge is -2.09. The normalized spacial score (nSPS) is 12.1. The molecule has 4 heteroatoms. The molecule has 2 N–H and O–H groups in total. The molecule has 0 saturated carbocycles. The lowest BCUT2D eigenvalue weighted by molar-refractivity contribution is 0.0886. The summed E-state index contributed by atoms with van der Waals surface area (Å²) in [5, 5.41) is 18.8. The van der Waals surface area contributed by atoms with Crippen LogP contribution in [0.2, 0.25) is 5.02 Å². The Morgan fingerprint density at radius 3 is 2.43 bits per heavy atom. The molecule has 0 spiro atoms.